The normalized spacial score (nSPS) is 27.9. The number of aldehydes is 1. The molecule has 1 aliphatic carbocycles. The van der Waals surface area contributed by atoms with Crippen molar-refractivity contribution in [2.24, 2.45) is 11.3 Å². The van der Waals surface area contributed by atoms with E-state index in [1.54, 1.807) is 0 Å². The monoisotopic (exact) mass is 150 g/mol. The van der Waals surface area contributed by atoms with Gasteiger partial charge in [0, 0.05) is 0 Å². The van der Waals surface area contributed by atoms with Gasteiger partial charge in [0.2, 0.25) is 0 Å². The van der Waals surface area contributed by atoms with E-state index in [0.29, 0.717) is 5.92 Å². The van der Waals surface area contributed by atoms with E-state index in [4.69, 9.17) is 0 Å². The molecule has 0 amide bonds. The molecule has 0 aromatic heterocycles. The molecule has 11 heavy (non-hydrogen) atoms. The molecule has 1 atom stereocenters. The van der Waals surface area contributed by atoms with E-state index in [2.05, 4.69) is 26.8 Å². The maximum absolute atomic E-state index is 10.6. The van der Waals surface area contributed by atoms with Gasteiger partial charge in [0.05, 0.1) is 0 Å². The maximum atomic E-state index is 10.6. The topological polar surface area (TPSA) is 17.1 Å². The first-order chi connectivity index (χ1) is 5.09. The lowest BCUT2D eigenvalue weighted by molar-refractivity contribution is -0.105. The van der Waals surface area contributed by atoms with Crippen molar-refractivity contribution in [3.05, 3.63) is 23.8 Å². The van der Waals surface area contributed by atoms with Crippen molar-refractivity contribution in [3.8, 4) is 0 Å². The molecule has 60 valence electrons. The van der Waals surface area contributed by atoms with E-state index < -0.39 is 0 Å². The summed E-state index contributed by atoms with van der Waals surface area (Å²) in [7, 11) is 0. The Morgan fingerprint density at radius 1 is 1.55 bits per heavy atom. The van der Waals surface area contributed by atoms with E-state index in [9.17, 15) is 4.79 Å². The fraction of sp³-hybridized carbons (Fsp3) is 0.500. The first kappa shape index (κ1) is 8.25. The number of carbonyl (C=O) groups is 1. The summed E-state index contributed by atoms with van der Waals surface area (Å²) in [6.07, 6.45) is 6.94. The summed E-state index contributed by atoms with van der Waals surface area (Å²) >= 11 is 0. The average molecular weight is 150 g/mol. The smallest absolute Gasteiger partial charge is 0.146 e. The van der Waals surface area contributed by atoms with Crippen LogP contribution in [0.25, 0.3) is 0 Å². The lowest BCUT2D eigenvalue weighted by Crippen LogP contribution is -2.25. The second kappa shape index (κ2) is 2.65. The zero-order valence-electron chi connectivity index (χ0n) is 7.29. The van der Waals surface area contributed by atoms with E-state index >= 15 is 0 Å². The van der Waals surface area contributed by atoms with Crippen LogP contribution in [-0.2, 0) is 4.79 Å². The number of carbonyl (C=O) groups excluding carboxylic acids is 1. The van der Waals surface area contributed by atoms with Crippen molar-refractivity contribution in [1.82, 2.24) is 0 Å². The fourth-order valence-electron chi connectivity index (χ4n) is 1.24. The van der Waals surface area contributed by atoms with Crippen molar-refractivity contribution in [2.45, 2.75) is 20.8 Å². The van der Waals surface area contributed by atoms with Crippen molar-refractivity contribution >= 4 is 6.29 Å². The number of hydrogen-bond acceptors (Lipinski definition) is 1. The van der Waals surface area contributed by atoms with Crippen LogP contribution >= 0.6 is 0 Å². The van der Waals surface area contributed by atoms with Crippen LogP contribution in [0.1, 0.15) is 20.8 Å². The van der Waals surface area contributed by atoms with Gasteiger partial charge in [-0.05, 0) is 16.9 Å². The molecule has 0 aromatic rings. The highest BCUT2D eigenvalue weighted by Crippen LogP contribution is 2.36. The Labute approximate surface area is 67.8 Å². The largest absolute Gasteiger partial charge is 0.298 e. The molecule has 0 saturated carbocycles. The number of rotatable bonds is 1. The molecule has 1 nitrogen and oxygen atoms in total. The van der Waals surface area contributed by atoms with Crippen molar-refractivity contribution in [3.63, 3.8) is 0 Å². The Balaban J connectivity index is 3.00. The minimum atomic E-state index is 0.0104. The minimum absolute atomic E-state index is 0.0104. The highest BCUT2D eigenvalue weighted by Gasteiger charge is 2.29. The van der Waals surface area contributed by atoms with Gasteiger partial charge in [0.1, 0.15) is 6.29 Å². The van der Waals surface area contributed by atoms with Gasteiger partial charge in [-0.15, -0.1) is 0 Å². The SMILES string of the molecule is CC1C=CC=C(C=O)C1(C)C. The highest BCUT2D eigenvalue weighted by atomic mass is 16.1. The Morgan fingerprint density at radius 2 is 2.18 bits per heavy atom. The predicted octanol–water partition coefficient (Wildman–Crippen LogP) is 2.34. The molecule has 0 saturated heterocycles. The summed E-state index contributed by atoms with van der Waals surface area (Å²) in [5, 5.41) is 0. The van der Waals surface area contributed by atoms with Crippen LogP contribution in [0.15, 0.2) is 23.8 Å². The summed E-state index contributed by atoms with van der Waals surface area (Å²) in [6.45, 7) is 6.33. The molecule has 0 N–H and O–H groups in total. The van der Waals surface area contributed by atoms with Gasteiger partial charge in [-0.1, -0.05) is 39.0 Å². The van der Waals surface area contributed by atoms with Gasteiger partial charge in [-0.2, -0.15) is 0 Å². The molecule has 1 heteroatoms. The third-order valence-electron chi connectivity index (χ3n) is 2.68. The van der Waals surface area contributed by atoms with Crippen LogP contribution in [0.3, 0.4) is 0 Å². The van der Waals surface area contributed by atoms with Gasteiger partial charge < -0.3 is 0 Å². The lowest BCUT2D eigenvalue weighted by atomic mass is 9.72. The average Bonchev–Trinajstić information content (AvgIpc) is 1.95. The van der Waals surface area contributed by atoms with Crippen LogP contribution in [-0.4, -0.2) is 6.29 Å². The molecule has 0 aromatic carbocycles. The van der Waals surface area contributed by atoms with Crippen LogP contribution in [0.2, 0.25) is 0 Å². The highest BCUT2D eigenvalue weighted by molar-refractivity contribution is 5.76. The Kier molecular flexibility index (Phi) is 1.99. The van der Waals surface area contributed by atoms with E-state index in [-0.39, 0.29) is 5.41 Å². The molecule has 0 radical (unpaired) electrons. The maximum Gasteiger partial charge on any atom is 0.146 e. The Hall–Kier alpha value is -0.850. The Morgan fingerprint density at radius 3 is 2.64 bits per heavy atom. The number of hydrogen-bond donors (Lipinski definition) is 0. The quantitative estimate of drug-likeness (QED) is 0.524. The standard InChI is InChI=1S/C10H14O/c1-8-5-4-6-9(7-11)10(8,2)3/h4-8H,1-3H3. The van der Waals surface area contributed by atoms with Crippen LogP contribution in [0, 0.1) is 11.3 Å². The fourth-order valence-corrected chi connectivity index (χ4v) is 1.24. The van der Waals surface area contributed by atoms with Gasteiger partial charge in [-0.25, -0.2) is 0 Å². The Bertz CT molecular complexity index is 221. The van der Waals surface area contributed by atoms with Crippen LogP contribution < -0.4 is 0 Å². The molecule has 0 spiro atoms. The summed E-state index contributed by atoms with van der Waals surface area (Å²) in [5.74, 6) is 0.452. The van der Waals surface area contributed by atoms with Gasteiger partial charge >= 0.3 is 0 Å². The zero-order valence-corrected chi connectivity index (χ0v) is 7.29. The predicted molar refractivity (Wildman–Crippen MR) is 46.2 cm³/mol. The van der Waals surface area contributed by atoms with E-state index in [0.717, 1.165) is 11.9 Å². The van der Waals surface area contributed by atoms with Gasteiger partial charge in [0.25, 0.3) is 0 Å². The van der Waals surface area contributed by atoms with E-state index in [1.807, 2.05) is 12.2 Å². The second-order valence-corrected chi connectivity index (χ2v) is 3.64. The number of allylic oxidation sites excluding steroid dienone is 4. The molecule has 1 unspecified atom stereocenters. The summed E-state index contributed by atoms with van der Waals surface area (Å²) in [5.41, 5.74) is 0.906. The first-order valence-electron chi connectivity index (χ1n) is 3.93. The lowest BCUT2D eigenvalue weighted by Gasteiger charge is -2.32. The zero-order chi connectivity index (χ0) is 8.48. The third kappa shape index (κ3) is 1.28. The first-order valence-corrected chi connectivity index (χ1v) is 3.93. The summed E-state index contributed by atoms with van der Waals surface area (Å²) in [6, 6.07) is 0. The molecule has 0 bridgehead atoms. The van der Waals surface area contributed by atoms with Gasteiger partial charge in [-0.3, -0.25) is 4.79 Å². The van der Waals surface area contributed by atoms with Crippen LogP contribution in [0.4, 0.5) is 0 Å². The summed E-state index contributed by atoms with van der Waals surface area (Å²) < 4.78 is 0. The molecule has 0 heterocycles. The third-order valence-corrected chi connectivity index (χ3v) is 2.68. The minimum Gasteiger partial charge on any atom is -0.298 e. The van der Waals surface area contributed by atoms with Crippen LogP contribution in [0.5, 0.6) is 0 Å². The molecule has 0 fully saturated rings. The molecule has 1 aliphatic rings. The second-order valence-electron chi connectivity index (χ2n) is 3.64. The molecule has 0 aliphatic heterocycles. The molecule has 1 rings (SSSR count). The van der Waals surface area contributed by atoms with Crippen molar-refractivity contribution in [2.75, 3.05) is 0 Å². The molecular weight excluding hydrogens is 136 g/mol. The van der Waals surface area contributed by atoms with Crippen molar-refractivity contribution in [1.29, 1.82) is 0 Å². The summed E-state index contributed by atoms with van der Waals surface area (Å²) in [4.78, 5) is 10.6. The van der Waals surface area contributed by atoms with E-state index in [1.165, 1.54) is 0 Å². The molecular formula is C10H14O. The van der Waals surface area contributed by atoms with Crippen molar-refractivity contribution < 1.29 is 4.79 Å². The van der Waals surface area contributed by atoms with Gasteiger partial charge in [0.15, 0.2) is 0 Å².